The molecule has 0 saturated carbocycles. The standard InChI is InChI=1S/C8H12.C2H6/c1-4-5-6-7-8(2)3;1-2/h4-7H,1H2,2-3H3;1-2H3/b6-5-;. The Morgan fingerprint density at radius 3 is 1.90 bits per heavy atom. The maximum absolute atomic E-state index is 3.54. The summed E-state index contributed by atoms with van der Waals surface area (Å²) in [6.45, 7) is 11.7. The van der Waals surface area contributed by atoms with Crippen LogP contribution in [0.3, 0.4) is 0 Å². The molecule has 0 aromatic rings. The van der Waals surface area contributed by atoms with Gasteiger partial charge in [0.1, 0.15) is 0 Å². The summed E-state index contributed by atoms with van der Waals surface area (Å²) in [7, 11) is 0. The molecule has 0 aliphatic heterocycles. The zero-order valence-electron chi connectivity index (χ0n) is 7.52. The van der Waals surface area contributed by atoms with Gasteiger partial charge in [-0.05, 0) is 13.8 Å². The quantitative estimate of drug-likeness (QED) is 0.510. The first-order valence-corrected chi connectivity index (χ1v) is 3.70. The first-order valence-electron chi connectivity index (χ1n) is 3.70. The van der Waals surface area contributed by atoms with E-state index in [9.17, 15) is 0 Å². The Labute approximate surface area is 65.0 Å². The van der Waals surface area contributed by atoms with Gasteiger partial charge >= 0.3 is 0 Å². The Bertz CT molecular complexity index is 112. The van der Waals surface area contributed by atoms with E-state index in [2.05, 4.69) is 20.4 Å². The van der Waals surface area contributed by atoms with Crippen LogP contribution in [-0.4, -0.2) is 0 Å². The lowest BCUT2D eigenvalue weighted by Crippen LogP contribution is -1.56. The van der Waals surface area contributed by atoms with Crippen LogP contribution >= 0.6 is 0 Å². The fraction of sp³-hybridized carbons (Fsp3) is 0.400. The second-order valence-electron chi connectivity index (χ2n) is 1.86. The summed E-state index contributed by atoms with van der Waals surface area (Å²) in [5.74, 6) is 0. The van der Waals surface area contributed by atoms with Crippen LogP contribution in [-0.2, 0) is 0 Å². The Kier molecular flexibility index (Phi) is 13.2. The number of rotatable bonds is 2. The van der Waals surface area contributed by atoms with E-state index in [4.69, 9.17) is 0 Å². The van der Waals surface area contributed by atoms with Crippen molar-refractivity contribution in [1.82, 2.24) is 0 Å². The average molecular weight is 138 g/mol. The Hall–Kier alpha value is -0.780. The minimum absolute atomic E-state index is 1.31. The highest BCUT2D eigenvalue weighted by molar-refractivity contribution is 5.12. The van der Waals surface area contributed by atoms with Gasteiger partial charge in [-0.1, -0.05) is 50.3 Å². The molecule has 0 rings (SSSR count). The minimum Gasteiger partial charge on any atom is -0.0991 e. The fourth-order valence-electron chi connectivity index (χ4n) is 0.327. The molecule has 0 N–H and O–H groups in total. The van der Waals surface area contributed by atoms with Crippen LogP contribution in [0.25, 0.3) is 0 Å². The summed E-state index contributed by atoms with van der Waals surface area (Å²) < 4.78 is 0. The van der Waals surface area contributed by atoms with E-state index in [1.807, 2.05) is 32.1 Å². The molecule has 0 heterocycles. The van der Waals surface area contributed by atoms with Crippen molar-refractivity contribution in [3.8, 4) is 0 Å². The van der Waals surface area contributed by atoms with Crippen LogP contribution in [0.5, 0.6) is 0 Å². The normalized spacial score (nSPS) is 8.00. The summed E-state index contributed by atoms with van der Waals surface area (Å²) >= 11 is 0. The Morgan fingerprint density at radius 1 is 1.10 bits per heavy atom. The predicted molar refractivity (Wildman–Crippen MR) is 50.1 cm³/mol. The van der Waals surface area contributed by atoms with E-state index < -0.39 is 0 Å². The van der Waals surface area contributed by atoms with Crippen molar-refractivity contribution in [3.05, 3.63) is 36.5 Å². The number of hydrogen-bond donors (Lipinski definition) is 0. The molecule has 0 aromatic heterocycles. The molecule has 0 saturated heterocycles. The van der Waals surface area contributed by atoms with Gasteiger partial charge in [-0.3, -0.25) is 0 Å². The third-order valence-electron chi connectivity index (χ3n) is 0.677. The van der Waals surface area contributed by atoms with Crippen LogP contribution in [0.15, 0.2) is 36.5 Å². The highest BCUT2D eigenvalue weighted by Gasteiger charge is 1.66. The zero-order chi connectivity index (χ0) is 8.41. The van der Waals surface area contributed by atoms with Crippen molar-refractivity contribution in [2.45, 2.75) is 27.7 Å². The summed E-state index contributed by atoms with van der Waals surface area (Å²) in [6, 6.07) is 0. The molecule has 0 aliphatic rings. The molecule has 0 heteroatoms. The third-order valence-corrected chi connectivity index (χ3v) is 0.677. The van der Waals surface area contributed by atoms with Gasteiger partial charge in [-0.25, -0.2) is 0 Å². The lowest BCUT2D eigenvalue weighted by atomic mass is 10.3. The van der Waals surface area contributed by atoms with Crippen molar-refractivity contribution >= 4 is 0 Å². The van der Waals surface area contributed by atoms with Crippen LogP contribution in [0, 0.1) is 0 Å². The van der Waals surface area contributed by atoms with Gasteiger partial charge in [0.15, 0.2) is 0 Å². The van der Waals surface area contributed by atoms with E-state index >= 15 is 0 Å². The third kappa shape index (κ3) is 15.7. The number of allylic oxidation sites excluding steroid dienone is 5. The molecule has 0 radical (unpaired) electrons. The summed E-state index contributed by atoms with van der Waals surface area (Å²) in [6.07, 6.45) is 7.69. The molecule has 0 nitrogen and oxygen atoms in total. The maximum atomic E-state index is 3.54. The molecule has 58 valence electrons. The molecule has 0 amide bonds. The summed E-state index contributed by atoms with van der Waals surface area (Å²) in [4.78, 5) is 0. The van der Waals surface area contributed by atoms with Crippen LogP contribution in [0.2, 0.25) is 0 Å². The van der Waals surface area contributed by atoms with Gasteiger partial charge in [-0.2, -0.15) is 0 Å². The summed E-state index contributed by atoms with van der Waals surface area (Å²) in [5.41, 5.74) is 1.31. The van der Waals surface area contributed by atoms with Crippen molar-refractivity contribution in [3.63, 3.8) is 0 Å². The second-order valence-corrected chi connectivity index (χ2v) is 1.86. The van der Waals surface area contributed by atoms with Crippen molar-refractivity contribution in [2.75, 3.05) is 0 Å². The first-order chi connectivity index (χ1) is 4.77. The molecule has 0 aliphatic carbocycles. The number of hydrogen-bond acceptors (Lipinski definition) is 0. The van der Waals surface area contributed by atoms with E-state index in [-0.39, 0.29) is 0 Å². The van der Waals surface area contributed by atoms with E-state index in [1.54, 1.807) is 6.08 Å². The van der Waals surface area contributed by atoms with E-state index in [0.717, 1.165) is 0 Å². The van der Waals surface area contributed by atoms with Gasteiger partial charge < -0.3 is 0 Å². The lowest BCUT2D eigenvalue weighted by Gasteiger charge is -1.78. The monoisotopic (exact) mass is 138 g/mol. The lowest BCUT2D eigenvalue weighted by molar-refractivity contribution is 1.39. The molecule has 0 bridgehead atoms. The highest BCUT2D eigenvalue weighted by atomic mass is 13.7. The molecule has 0 unspecified atom stereocenters. The maximum Gasteiger partial charge on any atom is -0.0439 e. The van der Waals surface area contributed by atoms with E-state index in [1.165, 1.54) is 5.57 Å². The molecule has 0 atom stereocenters. The van der Waals surface area contributed by atoms with Gasteiger partial charge in [0.2, 0.25) is 0 Å². The Balaban J connectivity index is 0. The molecular weight excluding hydrogens is 120 g/mol. The zero-order valence-corrected chi connectivity index (χ0v) is 7.52. The smallest absolute Gasteiger partial charge is 0.0439 e. The SMILES string of the molecule is C=C/C=C\C=C(C)C.CC. The average Bonchev–Trinajstić information content (AvgIpc) is 1.92. The van der Waals surface area contributed by atoms with E-state index in [0.29, 0.717) is 0 Å². The van der Waals surface area contributed by atoms with Crippen LogP contribution in [0.1, 0.15) is 27.7 Å². The van der Waals surface area contributed by atoms with Crippen molar-refractivity contribution in [2.24, 2.45) is 0 Å². The largest absolute Gasteiger partial charge is 0.0991 e. The highest BCUT2D eigenvalue weighted by Crippen LogP contribution is 1.87. The van der Waals surface area contributed by atoms with Crippen molar-refractivity contribution < 1.29 is 0 Å². The predicted octanol–water partition coefficient (Wildman–Crippen LogP) is 3.72. The fourth-order valence-corrected chi connectivity index (χ4v) is 0.327. The van der Waals surface area contributed by atoms with Gasteiger partial charge in [0.25, 0.3) is 0 Å². The van der Waals surface area contributed by atoms with Crippen LogP contribution in [0.4, 0.5) is 0 Å². The molecule has 0 aromatic carbocycles. The summed E-state index contributed by atoms with van der Waals surface area (Å²) in [5, 5.41) is 0. The molecule has 0 fully saturated rings. The molecule has 0 spiro atoms. The first kappa shape index (κ1) is 12.0. The Morgan fingerprint density at radius 2 is 1.60 bits per heavy atom. The second kappa shape index (κ2) is 11.1. The minimum atomic E-state index is 1.31. The molecular formula is C10H18. The van der Waals surface area contributed by atoms with Crippen molar-refractivity contribution in [1.29, 1.82) is 0 Å². The van der Waals surface area contributed by atoms with Gasteiger partial charge in [0, 0.05) is 0 Å². The van der Waals surface area contributed by atoms with Gasteiger partial charge in [0.05, 0.1) is 0 Å². The van der Waals surface area contributed by atoms with Crippen LogP contribution < -0.4 is 0 Å². The topological polar surface area (TPSA) is 0 Å². The van der Waals surface area contributed by atoms with Gasteiger partial charge in [-0.15, -0.1) is 0 Å². The molecule has 10 heavy (non-hydrogen) atoms.